The van der Waals surface area contributed by atoms with E-state index in [-0.39, 0.29) is 0 Å². The number of carbonyl (C=O) groups excluding carboxylic acids is 2. The van der Waals surface area contributed by atoms with Gasteiger partial charge in [0.1, 0.15) is 5.75 Å². The molecule has 0 bridgehead atoms. The van der Waals surface area contributed by atoms with Crippen LogP contribution < -0.4 is 15.6 Å². The molecule has 126 valence electrons. The van der Waals surface area contributed by atoms with E-state index in [9.17, 15) is 9.59 Å². The molecule has 0 heterocycles. The van der Waals surface area contributed by atoms with Gasteiger partial charge in [-0.05, 0) is 62.4 Å². The minimum atomic E-state index is -1.18. The summed E-state index contributed by atoms with van der Waals surface area (Å²) >= 11 is 9.11. The average Bonchev–Trinajstić information content (AvgIpc) is 2.55. The molecule has 0 aliphatic heterocycles. The topological polar surface area (TPSA) is 67.4 Å². The molecule has 0 spiro atoms. The van der Waals surface area contributed by atoms with Gasteiger partial charge in [-0.25, -0.2) is 0 Å². The molecule has 7 heteroatoms. The summed E-state index contributed by atoms with van der Waals surface area (Å²) in [5, 5.41) is 0.575. The lowest BCUT2D eigenvalue weighted by Crippen LogP contribution is -2.53. The van der Waals surface area contributed by atoms with Gasteiger partial charge >= 0.3 is 0 Å². The molecule has 0 aromatic heterocycles. The van der Waals surface area contributed by atoms with Gasteiger partial charge in [-0.1, -0.05) is 27.5 Å². The fourth-order valence-electron chi connectivity index (χ4n) is 1.78. The minimum Gasteiger partial charge on any atom is -0.478 e. The third-order valence-corrected chi connectivity index (χ3v) is 3.91. The molecule has 0 aliphatic carbocycles. The van der Waals surface area contributed by atoms with Gasteiger partial charge in [0, 0.05) is 15.1 Å². The Labute approximate surface area is 153 Å². The lowest BCUT2D eigenvalue weighted by atomic mass is 10.1. The summed E-state index contributed by atoms with van der Waals surface area (Å²) in [5.41, 5.74) is 3.98. The Morgan fingerprint density at radius 1 is 1.00 bits per heavy atom. The smallest absolute Gasteiger partial charge is 0.281 e. The number of nitrogens with one attached hydrogen (secondary N) is 2. The van der Waals surface area contributed by atoms with Crippen molar-refractivity contribution in [3.8, 4) is 5.75 Å². The summed E-state index contributed by atoms with van der Waals surface area (Å²) in [7, 11) is 0. The molecule has 2 rings (SSSR count). The van der Waals surface area contributed by atoms with Gasteiger partial charge in [0.05, 0.1) is 0 Å². The number of hydrazine groups is 1. The number of rotatable bonds is 4. The normalized spacial score (nSPS) is 10.8. The Kier molecular flexibility index (Phi) is 5.85. The number of hydrogen-bond donors (Lipinski definition) is 2. The molecular weight excluding hydrogens is 396 g/mol. The number of amides is 2. The quantitative estimate of drug-likeness (QED) is 0.754. The summed E-state index contributed by atoms with van der Waals surface area (Å²) in [5.74, 6) is -0.403. The van der Waals surface area contributed by atoms with Crippen LogP contribution in [0.3, 0.4) is 0 Å². The van der Waals surface area contributed by atoms with Crippen molar-refractivity contribution in [1.82, 2.24) is 10.9 Å². The first-order chi connectivity index (χ1) is 11.3. The lowest BCUT2D eigenvalue weighted by Gasteiger charge is -2.25. The van der Waals surface area contributed by atoms with E-state index in [1.165, 1.54) is 0 Å². The molecular formula is C17H16BrClN2O3. The fourth-order valence-corrected chi connectivity index (χ4v) is 2.17. The van der Waals surface area contributed by atoms with E-state index < -0.39 is 17.4 Å². The van der Waals surface area contributed by atoms with Crippen molar-refractivity contribution in [2.45, 2.75) is 19.4 Å². The van der Waals surface area contributed by atoms with Gasteiger partial charge in [-0.2, -0.15) is 0 Å². The van der Waals surface area contributed by atoms with E-state index in [2.05, 4.69) is 26.8 Å². The predicted octanol–water partition coefficient (Wildman–Crippen LogP) is 3.72. The van der Waals surface area contributed by atoms with E-state index in [0.29, 0.717) is 16.3 Å². The van der Waals surface area contributed by atoms with Crippen molar-refractivity contribution in [2.75, 3.05) is 0 Å². The maximum atomic E-state index is 12.2. The van der Waals surface area contributed by atoms with Crippen molar-refractivity contribution in [3.05, 3.63) is 63.6 Å². The summed E-state index contributed by atoms with van der Waals surface area (Å²) in [6.45, 7) is 3.20. The molecule has 2 aromatic rings. The van der Waals surface area contributed by atoms with Crippen molar-refractivity contribution in [1.29, 1.82) is 0 Å². The predicted molar refractivity (Wildman–Crippen MR) is 95.9 cm³/mol. The minimum absolute atomic E-state index is 0.418. The molecule has 0 aliphatic rings. The monoisotopic (exact) mass is 410 g/mol. The number of hydrogen-bond acceptors (Lipinski definition) is 3. The van der Waals surface area contributed by atoms with Crippen LogP contribution in [0.1, 0.15) is 24.2 Å². The molecule has 0 radical (unpaired) electrons. The zero-order valence-corrected chi connectivity index (χ0v) is 15.4. The summed E-state index contributed by atoms with van der Waals surface area (Å²) in [6, 6.07) is 13.4. The Morgan fingerprint density at radius 2 is 1.58 bits per heavy atom. The Bertz CT molecular complexity index is 731. The first-order valence-electron chi connectivity index (χ1n) is 7.09. The molecule has 2 aromatic carbocycles. The van der Waals surface area contributed by atoms with E-state index in [0.717, 1.165) is 4.47 Å². The molecule has 0 saturated heterocycles. The number of ether oxygens (including phenoxy) is 1. The molecule has 0 fully saturated rings. The van der Waals surface area contributed by atoms with Gasteiger partial charge < -0.3 is 4.74 Å². The van der Waals surface area contributed by atoms with Crippen LogP contribution in [0, 0.1) is 0 Å². The SMILES string of the molecule is CC(C)(Oc1ccc(Cl)cc1)C(=O)NNC(=O)c1ccc(Br)cc1. The Hall–Kier alpha value is -2.05. The Balaban J connectivity index is 1.93. The van der Waals surface area contributed by atoms with Crippen LogP contribution in [-0.4, -0.2) is 17.4 Å². The van der Waals surface area contributed by atoms with Gasteiger partial charge in [-0.3, -0.25) is 20.4 Å². The van der Waals surface area contributed by atoms with E-state index >= 15 is 0 Å². The second-order valence-corrected chi connectivity index (χ2v) is 6.83. The van der Waals surface area contributed by atoms with Crippen molar-refractivity contribution in [2.24, 2.45) is 0 Å². The third-order valence-electron chi connectivity index (χ3n) is 3.13. The van der Waals surface area contributed by atoms with Crippen LogP contribution >= 0.6 is 27.5 Å². The van der Waals surface area contributed by atoms with Gasteiger partial charge in [0.2, 0.25) is 0 Å². The number of carbonyl (C=O) groups is 2. The Morgan fingerprint density at radius 3 is 2.17 bits per heavy atom. The van der Waals surface area contributed by atoms with E-state index in [1.807, 2.05) is 0 Å². The first-order valence-corrected chi connectivity index (χ1v) is 8.26. The summed E-state index contributed by atoms with van der Waals surface area (Å²) in [4.78, 5) is 24.2. The van der Waals surface area contributed by atoms with Crippen molar-refractivity contribution >= 4 is 39.3 Å². The molecule has 2 N–H and O–H groups in total. The van der Waals surface area contributed by atoms with Gasteiger partial charge in [0.25, 0.3) is 11.8 Å². The standard InChI is InChI=1S/C17H16BrClN2O3/c1-17(2,24-14-9-7-13(19)8-10-14)16(23)21-20-15(22)11-3-5-12(18)6-4-11/h3-10H,1-2H3,(H,20,22)(H,21,23). The van der Waals surface area contributed by atoms with E-state index in [1.54, 1.807) is 62.4 Å². The highest BCUT2D eigenvalue weighted by atomic mass is 79.9. The molecule has 0 saturated carbocycles. The largest absolute Gasteiger partial charge is 0.478 e. The highest BCUT2D eigenvalue weighted by Crippen LogP contribution is 2.20. The third kappa shape index (κ3) is 4.97. The van der Waals surface area contributed by atoms with E-state index in [4.69, 9.17) is 16.3 Å². The second-order valence-electron chi connectivity index (χ2n) is 5.48. The molecule has 0 atom stereocenters. The highest BCUT2D eigenvalue weighted by Gasteiger charge is 2.30. The molecule has 5 nitrogen and oxygen atoms in total. The molecule has 0 unspecified atom stereocenters. The number of benzene rings is 2. The molecule has 2 amide bonds. The van der Waals surface area contributed by atoms with Crippen LogP contribution in [-0.2, 0) is 4.79 Å². The van der Waals surface area contributed by atoms with Gasteiger partial charge in [0.15, 0.2) is 5.60 Å². The van der Waals surface area contributed by atoms with Crippen LogP contribution in [0.15, 0.2) is 53.0 Å². The van der Waals surface area contributed by atoms with Gasteiger partial charge in [-0.15, -0.1) is 0 Å². The summed E-state index contributed by atoms with van der Waals surface area (Å²) in [6.07, 6.45) is 0. The maximum Gasteiger partial charge on any atom is 0.281 e. The van der Waals surface area contributed by atoms with Crippen molar-refractivity contribution in [3.63, 3.8) is 0 Å². The zero-order chi connectivity index (χ0) is 17.7. The van der Waals surface area contributed by atoms with Crippen molar-refractivity contribution < 1.29 is 14.3 Å². The maximum absolute atomic E-state index is 12.2. The lowest BCUT2D eigenvalue weighted by molar-refractivity contribution is -0.135. The molecule has 24 heavy (non-hydrogen) atoms. The number of halogens is 2. The fraction of sp³-hybridized carbons (Fsp3) is 0.176. The zero-order valence-electron chi connectivity index (χ0n) is 13.1. The first kappa shape index (κ1) is 18.3. The summed E-state index contributed by atoms with van der Waals surface area (Å²) < 4.78 is 6.51. The van der Waals surface area contributed by atoms with Crippen LogP contribution in [0.2, 0.25) is 5.02 Å². The highest BCUT2D eigenvalue weighted by molar-refractivity contribution is 9.10. The second kappa shape index (κ2) is 7.68. The average molecular weight is 412 g/mol. The van der Waals surface area contributed by atoms with Crippen LogP contribution in [0.4, 0.5) is 0 Å². The van der Waals surface area contributed by atoms with Crippen LogP contribution in [0.25, 0.3) is 0 Å². The van der Waals surface area contributed by atoms with Crippen LogP contribution in [0.5, 0.6) is 5.75 Å².